The molecule has 76 valence electrons. The highest BCUT2D eigenvalue weighted by molar-refractivity contribution is 8.00. The quantitative estimate of drug-likeness (QED) is 0.658. The van der Waals surface area contributed by atoms with Gasteiger partial charge in [0.25, 0.3) is 0 Å². The topological polar surface area (TPSA) is 26.3 Å². The third-order valence-electron chi connectivity index (χ3n) is 2.54. The lowest BCUT2D eigenvalue weighted by Gasteiger charge is -2.28. The van der Waals surface area contributed by atoms with Crippen LogP contribution in [0.5, 0.6) is 0 Å². The summed E-state index contributed by atoms with van der Waals surface area (Å²) >= 11 is 1.90. The maximum Gasteiger partial charge on any atom is 0.312 e. The van der Waals surface area contributed by atoms with E-state index in [-0.39, 0.29) is 11.4 Å². The fourth-order valence-electron chi connectivity index (χ4n) is 1.60. The monoisotopic (exact) mass is 202 g/mol. The van der Waals surface area contributed by atoms with Crippen LogP contribution in [0.25, 0.3) is 0 Å². The maximum atomic E-state index is 11.6. The third-order valence-corrected chi connectivity index (χ3v) is 4.29. The zero-order chi connectivity index (χ0) is 9.90. The fourth-order valence-corrected chi connectivity index (χ4v) is 3.06. The van der Waals surface area contributed by atoms with Gasteiger partial charge in [0.05, 0.1) is 12.0 Å². The Balaban J connectivity index is 2.57. The molecule has 1 rings (SSSR count). The number of hydrogen-bond donors (Lipinski definition) is 0. The maximum absolute atomic E-state index is 11.6. The normalized spacial score (nSPS) is 23.2. The lowest BCUT2D eigenvalue weighted by molar-refractivity contribution is -0.153. The molecule has 1 saturated heterocycles. The largest absolute Gasteiger partial charge is 0.466 e. The number of esters is 1. The van der Waals surface area contributed by atoms with Gasteiger partial charge in [-0.1, -0.05) is 0 Å². The van der Waals surface area contributed by atoms with Gasteiger partial charge in [0.2, 0.25) is 0 Å². The van der Waals surface area contributed by atoms with Crippen LogP contribution in [0.4, 0.5) is 0 Å². The first kappa shape index (κ1) is 10.9. The highest BCUT2D eigenvalue weighted by Crippen LogP contribution is 2.40. The van der Waals surface area contributed by atoms with Gasteiger partial charge in [0.15, 0.2) is 0 Å². The highest BCUT2D eigenvalue weighted by Gasteiger charge is 2.39. The zero-order valence-electron chi connectivity index (χ0n) is 8.63. The molecule has 1 fully saturated rings. The predicted octanol–water partition coefficient (Wildman–Crippen LogP) is 2.47. The summed E-state index contributed by atoms with van der Waals surface area (Å²) in [6, 6.07) is 0. The van der Waals surface area contributed by atoms with Crippen LogP contribution in [0.2, 0.25) is 0 Å². The molecule has 1 atom stereocenters. The molecular formula is C10H18O2S. The van der Waals surface area contributed by atoms with Crippen LogP contribution >= 0.6 is 11.8 Å². The molecule has 1 heterocycles. The van der Waals surface area contributed by atoms with Crippen molar-refractivity contribution < 1.29 is 9.53 Å². The van der Waals surface area contributed by atoms with Crippen LogP contribution in [0, 0.1) is 5.41 Å². The van der Waals surface area contributed by atoms with E-state index >= 15 is 0 Å². The number of carbonyl (C=O) groups is 1. The van der Waals surface area contributed by atoms with Crippen molar-refractivity contribution in [3.05, 3.63) is 0 Å². The van der Waals surface area contributed by atoms with Crippen LogP contribution in [0.1, 0.15) is 33.6 Å². The Hall–Kier alpha value is -0.180. The van der Waals surface area contributed by atoms with Gasteiger partial charge < -0.3 is 4.74 Å². The zero-order valence-corrected chi connectivity index (χ0v) is 9.45. The summed E-state index contributed by atoms with van der Waals surface area (Å²) in [6.45, 7) is 6.33. The first-order chi connectivity index (χ1) is 6.09. The van der Waals surface area contributed by atoms with Gasteiger partial charge in [0, 0.05) is 5.25 Å². The average molecular weight is 202 g/mol. The predicted molar refractivity (Wildman–Crippen MR) is 55.9 cm³/mol. The Morgan fingerprint density at radius 1 is 1.62 bits per heavy atom. The lowest BCUT2D eigenvalue weighted by Crippen LogP contribution is -2.35. The molecule has 1 aliphatic heterocycles. The first-order valence-corrected chi connectivity index (χ1v) is 5.92. The van der Waals surface area contributed by atoms with Gasteiger partial charge in [-0.3, -0.25) is 4.79 Å². The molecule has 0 bridgehead atoms. The van der Waals surface area contributed by atoms with Crippen molar-refractivity contribution in [1.29, 1.82) is 0 Å². The van der Waals surface area contributed by atoms with Gasteiger partial charge in [0.1, 0.15) is 0 Å². The molecule has 2 nitrogen and oxygen atoms in total. The number of ether oxygens (including phenoxy) is 1. The minimum Gasteiger partial charge on any atom is -0.466 e. The van der Waals surface area contributed by atoms with Gasteiger partial charge >= 0.3 is 5.97 Å². The van der Waals surface area contributed by atoms with Crippen LogP contribution in [0.3, 0.4) is 0 Å². The summed E-state index contributed by atoms with van der Waals surface area (Å²) in [4.78, 5) is 11.6. The lowest BCUT2D eigenvalue weighted by atomic mass is 9.87. The van der Waals surface area contributed by atoms with Crippen LogP contribution in [-0.4, -0.2) is 23.6 Å². The number of hydrogen-bond acceptors (Lipinski definition) is 3. The molecule has 0 saturated carbocycles. The molecule has 1 unspecified atom stereocenters. The third kappa shape index (κ3) is 2.39. The van der Waals surface area contributed by atoms with Crippen molar-refractivity contribution in [2.24, 2.45) is 5.41 Å². The fraction of sp³-hybridized carbons (Fsp3) is 0.900. The molecule has 1 aliphatic rings. The second-order valence-corrected chi connectivity index (χ2v) is 5.25. The summed E-state index contributed by atoms with van der Waals surface area (Å²) in [6.07, 6.45) is 2.38. The Bertz CT molecular complexity index is 183. The van der Waals surface area contributed by atoms with Crippen molar-refractivity contribution in [2.75, 3.05) is 12.4 Å². The summed E-state index contributed by atoms with van der Waals surface area (Å²) in [5, 5.41) is 0.451. The molecule has 0 aliphatic carbocycles. The Kier molecular flexibility index (Phi) is 3.65. The van der Waals surface area contributed by atoms with E-state index in [1.807, 2.05) is 32.5 Å². The summed E-state index contributed by atoms with van der Waals surface area (Å²) in [7, 11) is 0. The number of carbonyl (C=O) groups excluding carboxylic acids is 1. The molecule has 0 spiro atoms. The Morgan fingerprint density at radius 2 is 2.31 bits per heavy atom. The van der Waals surface area contributed by atoms with Crippen LogP contribution < -0.4 is 0 Å². The van der Waals surface area contributed by atoms with Gasteiger partial charge in [-0.15, -0.1) is 0 Å². The van der Waals surface area contributed by atoms with E-state index in [0.717, 1.165) is 6.42 Å². The van der Waals surface area contributed by atoms with Crippen molar-refractivity contribution in [3.63, 3.8) is 0 Å². The number of rotatable bonds is 3. The molecule has 0 N–H and O–H groups in total. The second-order valence-electron chi connectivity index (χ2n) is 3.94. The highest BCUT2D eigenvalue weighted by atomic mass is 32.2. The molecule has 0 aromatic carbocycles. The first-order valence-electron chi connectivity index (χ1n) is 4.88. The van der Waals surface area contributed by atoms with Crippen molar-refractivity contribution in [1.82, 2.24) is 0 Å². The molecule has 3 heteroatoms. The van der Waals surface area contributed by atoms with Gasteiger partial charge in [-0.05, 0) is 39.4 Å². The molecule has 13 heavy (non-hydrogen) atoms. The summed E-state index contributed by atoms with van der Waals surface area (Å²) in [5.74, 6) is 1.14. The van der Waals surface area contributed by atoms with E-state index in [9.17, 15) is 4.79 Å². The van der Waals surface area contributed by atoms with Crippen LogP contribution in [0.15, 0.2) is 0 Å². The molecule has 0 radical (unpaired) electrons. The van der Waals surface area contributed by atoms with E-state index in [4.69, 9.17) is 4.74 Å². The van der Waals surface area contributed by atoms with Crippen LogP contribution in [-0.2, 0) is 9.53 Å². The summed E-state index contributed by atoms with van der Waals surface area (Å²) < 4.78 is 5.07. The van der Waals surface area contributed by atoms with E-state index in [1.54, 1.807) is 0 Å². The molecule has 0 aromatic heterocycles. The van der Waals surface area contributed by atoms with Crippen molar-refractivity contribution in [2.45, 2.75) is 38.9 Å². The molecule has 0 amide bonds. The van der Waals surface area contributed by atoms with Crippen molar-refractivity contribution in [3.8, 4) is 0 Å². The SMILES string of the molecule is CCOC(=O)C(C)(C)C1CCCS1. The minimum atomic E-state index is -0.308. The van der Waals surface area contributed by atoms with E-state index in [2.05, 4.69) is 0 Å². The van der Waals surface area contributed by atoms with E-state index in [1.165, 1.54) is 12.2 Å². The smallest absolute Gasteiger partial charge is 0.312 e. The average Bonchev–Trinajstić information content (AvgIpc) is 2.56. The number of thioether (sulfide) groups is 1. The standard InChI is InChI=1S/C10H18O2S/c1-4-12-9(11)10(2,3)8-6-5-7-13-8/h8H,4-7H2,1-3H3. The second kappa shape index (κ2) is 4.36. The molecule has 0 aromatic rings. The summed E-state index contributed by atoms with van der Waals surface area (Å²) in [5.41, 5.74) is -0.308. The van der Waals surface area contributed by atoms with E-state index in [0.29, 0.717) is 11.9 Å². The van der Waals surface area contributed by atoms with Gasteiger partial charge in [-0.2, -0.15) is 11.8 Å². The molecular weight excluding hydrogens is 184 g/mol. The Morgan fingerprint density at radius 3 is 2.77 bits per heavy atom. The minimum absolute atomic E-state index is 0.0469. The van der Waals surface area contributed by atoms with E-state index < -0.39 is 0 Å². The Labute approximate surface area is 84.4 Å². The van der Waals surface area contributed by atoms with Crippen molar-refractivity contribution >= 4 is 17.7 Å². The van der Waals surface area contributed by atoms with Gasteiger partial charge in [-0.25, -0.2) is 0 Å².